The van der Waals surface area contributed by atoms with Crippen LogP contribution in [-0.4, -0.2) is 17.6 Å². The van der Waals surface area contributed by atoms with Crippen molar-refractivity contribution in [1.82, 2.24) is 0 Å². The Morgan fingerprint density at radius 2 is 1.45 bits per heavy atom. The van der Waals surface area contributed by atoms with Crippen molar-refractivity contribution >= 4 is 34.1 Å². The maximum absolute atomic E-state index is 13.4. The molecule has 1 aliphatic heterocycles. The van der Waals surface area contributed by atoms with Crippen molar-refractivity contribution in [1.29, 1.82) is 0 Å². The Bertz CT molecular complexity index is 1380. The fourth-order valence-corrected chi connectivity index (χ4v) is 4.31. The smallest absolute Gasteiger partial charge is 0.265 e. The molecule has 0 bridgehead atoms. The fraction of sp³-hybridized carbons (Fsp3) is 0.0741. The lowest BCUT2D eigenvalue weighted by Crippen LogP contribution is -2.41. The van der Waals surface area contributed by atoms with E-state index < -0.39 is 0 Å². The number of carbonyl (C=O) groups is 3. The van der Waals surface area contributed by atoms with Crippen LogP contribution in [0.25, 0.3) is 10.8 Å². The van der Waals surface area contributed by atoms with Crippen molar-refractivity contribution in [3.8, 4) is 0 Å². The highest BCUT2D eigenvalue weighted by Gasteiger charge is 2.35. The monoisotopic (exact) mass is 405 g/mol. The van der Waals surface area contributed by atoms with Gasteiger partial charge in [0, 0.05) is 27.6 Å². The third-order valence-corrected chi connectivity index (χ3v) is 5.78. The molecule has 1 aliphatic rings. The fourth-order valence-electron chi connectivity index (χ4n) is 4.31. The van der Waals surface area contributed by atoms with Crippen molar-refractivity contribution in [2.75, 3.05) is 4.90 Å². The normalized spacial score (nSPS) is 13.0. The molecule has 0 fully saturated rings. The molecule has 0 radical (unpaired) electrons. The van der Waals surface area contributed by atoms with Crippen LogP contribution < -0.4 is 4.90 Å². The Hall–Kier alpha value is -4.05. The predicted molar refractivity (Wildman–Crippen MR) is 121 cm³/mol. The largest absolute Gasteiger partial charge is 0.289 e. The highest BCUT2D eigenvalue weighted by Crippen LogP contribution is 2.36. The Morgan fingerprint density at radius 3 is 2.16 bits per heavy atom. The molecule has 0 spiro atoms. The molecule has 0 aromatic heterocycles. The standard InChI is InChI=1S/C27H19NO3/c1-16-11-14-23(17(2)15-16)28-26(30)21-10-6-9-19-20(12-13-22(24(19)21)27(28)31)25(29)18-7-4-3-5-8-18/h3-15H,1-2H3. The Morgan fingerprint density at radius 1 is 0.742 bits per heavy atom. The van der Waals surface area contributed by atoms with E-state index in [9.17, 15) is 14.4 Å². The lowest BCUT2D eigenvalue weighted by Gasteiger charge is -2.29. The summed E-state index contributed by atoms with van der Waals surface area (Å²) < 4.78 is 0. The van der Waals surface area contributed by atoms with Crippen LogP contribution in [0.1, 0.15) is 47.8 Å². The van der Waals surface area contributed by atoms with Gasteiger partial charge < -0.3 is 0 Å². The third kappa shape index (κ3) is 2.88. The molecule has 4 heteroatoms. The van der Waals surface area contributed by atoms with Gasteiger partial charge in [0.15, 0.2) is 5.78 Å². The second-order valence-electron chi connectivity index (χ2n) is 7.82. The molecule has 0 unspecified atom stereocenters. The first-order valence-electron chi connectivity index (χ1n) is 10.1. The number of imide groups is 1. The molecule has 5 rings (SSSR count). The maximum atomic E-state index is 13.4. The zero-order valence-corrected chi connectivity index (χ0v) is 17.2. The molecular weight excluding hydrogens is 386 g/mol. The number of nitrogens with zero attached hydrogens (tertiary/aromatic N) is 1. The first-order valence-corrected chi connectivity index (χ1v) is 10.1. The molecule has 0 saturated carbocycles. The van der Waals surface area contributed by atoms with Crippen LogP contribution in [0, 0.1) is 13.8 Å². The summed E-state index contributed by atoms with van der Waals surface area (Å²) in [6.45, 7) is 3.86. The number of benzene rings is 4. The SMILES string of the molecule is Cc1ccc(N2C(=O)c3cccc4c(C(=O)c5ccccc5)ccc(c34)C2=O)c(C)c1. The molecular formula is C27H19NO3. The minimum atomic E-state index is -0.376. The second-order valence-corrected chi connectivity index (χ2v) is 7.82. The molecule has 0 atom stereocenters. The van der Waals surface area contributed by atoms with E-state index in [1.807, 2.05) is 44.2 Å². The summed E-state index contributed by atoms with van der Waals surface area (Å²) in [5.41, 5.74) is 4.39. The average Bonchev–Trinajstić information content (AvgIpc) is 2.78. The van der Waals surface area contributed by atoms with Crippen LogP contribution >= 0.6 is 0 Å². The van der Waals surface area contributed by atoms with Gasteiger partial charge >= 0.3 is 0 Å². The molecule has 0 aliphatic carbocycles. The molecule has 4 aromatic rings. The van der Waals surface area contributed by atoms with E-state index in [1.54, 1.807) is 48.5 Å². The minimum absolute atomic E-state index is 0.138. The van der Waals surface area contributed by atoms with Crippen molar-refractivity contribution in [2.45, 2.75) is 13.8 Å². The van der Waals surface area contributed by atoms with E-state index in [4.69, 9.17) is 0 Å². The highest BCUT2D eigenvalue weighted by atomic mass is 16.2. The molecule has 0 N–H and O–H groups in total. The lowest BCUT2D eigenvalue weighted by molar-refractivity contribution is 0.0892. The van der Waals surface area contributed by atoms with Crippen LogP contribution in [0.15, 0.2) is 78.9 Å². The summed E-state index contributed by atoms with van der Waals surface area (Å²) in [6, 6.07) is 23.3. The third-order valence-electron chi connectivity index (χ3n) is 5.78. The van der Waals surface area contributed by atoms with Gasteiger partial charge in [-0.3, -0.25) is 14.4 Å². The Labute approximate surface area is 179 Å². The first-order chi connectivity index (χ1) is 15.0. The van der Waals surface area contributed by atoms with E-state index in [0.717, 1.165) is 11.1 Å². The van der Waals surface area contributed by atoms with E-state index in [2.05, 4.69) is 0 Å². The van der Waals surface area contributed by atoms with Gasteiger partial charge in [-0.25, -0.2) is 4.90 Å². The topological polar surface area (TPSA) is 54.5 Å². The highest BCUT2D eigenvalue weighted by molar-refractivity contribution is 6.37. The predicted octanol–water partition coefficient (Wildman–Crippen LogP) is 5.49. The minimum Gasteiger partial charge on any atom is -0.289 e. The van der Waals surface area contributed by atoms with Crippen LogP contribution in [-0.2, 0) is 0 Å². The van der Waals surface area contributed by atoms with Crippen molar-refractivity contribution in [3.05, 3.63) is 112 Å². The van der Waals surface area contributed by atoms with Gasteiger partial charge in [0.2, 0.25) is 0 Å². The molecule has 4 aromatic carbocycles. The number of ketones is 1. The van der Waals surface area contributed by atoms with Gasteiger partial charge in [-0.05, 0) is 49.1 Å². The van der Waals surface area contributed by atoms with Gasteiger partial charge in [0.05, 0.1) is 5.69 Å². The average molecular weight is 405 g/mol. The molecule has 31 heavy (non-hydrogen) atoms. The van der Waals surface area contributed by atoms with Gasteiger partial charge in [-0.2, -0.15) is 0 Å². The van der Waals surface area contributed by atoms with Crippen molar-refractivity contribution in [3.63, 3.8) is 0 Å². The van der Waals surface area contributed by atoms with Crippen molar-refractivity contribution in [2.24, 2.45) is 0 Å². The summed E-state index contributed by atoms with van der Waals surface area (Å²) in [5.74, 6) is -0.889. The Balaban J connectivity index is 1.71. The molecule has 0 saturated heterocycles. The number of carbonyl (C=O) groups excluding carboxylic acids is 3. The van der Waals surface area contributed by atoms with Crippen molar-refractivity contribution < 1.29 is 14.4 Å². The van der Waals surface area contributed by atoms with Gasteiger partial charge in [-0.15, -0.1) is 0 Å². The number of anilines is 1. The maximum Gasteiger partial charge on any atom is 0.265 e. The number of aryl methyl sites for hydroxylation is 2. The van der Waals surface area contributed by atoms with E-state index in [1.165, 1.54) is 4.90 Å². The molecule has 1 heterocycles. The quantitative estimate of drug-likeness (QED) is 0.335. The van der Waals surface area contributed by atoms with Crippen LogP contribution in [0.3, 0.4) is 0 Å². The van der Waals surface area contributed by atoms with Gasteiger partial charge in [0.25, 0.3) is 11.8 Å². The number of rotatable bonds is 3. The van der Waals surface area contributed by atoms with E-state index >= 15 is 0 Å². The summed E-state index contributed by atoms with van der Waals surface area (Å²) >= 11 is 0. The van der Waals surface area contributed by atoms with Crippen LogP contribution in [0.2, 0.25) is 0 Å². The molecule has 2 amide bonds. The molecule has 4 nitrogen and oxygen atoms in total. The van der Waals surface area contributed by atoms with Gasteiger partial charge in [0.1, 0.15) is 0 Å². The summed E-state index contributed by atoms with van der Waals surface area (Å²) in [7, 11) is 0. The van der Waals surface area contributed by atoms with Crippen LogP contribution in [0.4, 0.5) is 5.69 Å². The second kappa shape index (κ2) is 7.03. The van der Waals surface area contributed by atoms with E-state index in [-0.39, 0.29) is 17.6 Å². The zero-order chi connectivity index (χ0) is 21.7. The zero-order valence-electron chi connectivity index (χ0n) is 17.2. The molecule has 150 valence electrons. The Kier molecular flexibility index (Phi) is 4.29. The first kappa shape index (κ1) is 18.9. The van der Waals surface area contributed by atoms with Gasteiger partial charge in [-0.1, -0.05) is 60.2 Å². The summed E-state index contributed by atoms with van der Waals surface area (Å²) in [5, 5.41) is 1.16. The summed E-state index contributed by atoms with van der Waals surface area (Å²) in [4.78, 5) is 41.2. The van der Waals surface area contributed by atoms with E-state index in [0.29, 0.717) is 38.7 Å². The number of hydrogen-bond acceptors (Lipinski definition) is 3. The lowest BCUT2D eigenvalue weighted by atomic mass is 9.88. The number of hydrogen-bond donors (Lipinski definition) is 0. The number of amides is 2. The van der Waals surface area contributed by atoms with Crippen LogP contribution in [0.5, 0.6) is 0 Å². The summed E-state index contributed by atoms with van der Waals surface area (Å²) in [6.07, 6.45) is 0.